The molecule has 1 aromatic heterocycles. The molecule has 3 unspecified atom stereocenters. The van der Waals surface area contributed by atoms with Gasteiger partial charge < -0.3 is 10.1 Å². The molecule has 23 heavy (non-hydrogen) atoms. The van der Waals surface area contributed by atoms with E-state index in [0.29, 0.717) is 23.9 Å². The summed E-state index contributed by atoms with van der Waals surface area (Å²) in [5.74, 6) is 1.58. The predicted octanol–water partition coefficient (Wildman–Crippen LogP) is 4.12. The van der Waals surface area contributed by atoms with E-state index in [1.54, 1.807) is 19.5 Å². The molecule has 1 aromatic carbocycles. The quantitative estimate of drug-likeness (QED) is 0.756. The summed E-state index contributed by atoms with van der Waals surface area (Å²) in [6.07, 6.45) is 5.92. The van der Waals surface area contributed by atoms with Crippen LogP contribution in [0.2, 0.25) is 0 Å². The van der Waals surface area contributed by atoms with Crippen LogP contribution in [-0.2, 0) is 4.74 Å². The van der Waals surface area contributed by atoms with Crippen molar-refractivity contribution in [3.05, 3.63) is 54.4 Å². The zero-order valence-corrected chi connectivity index (χ0v) is 14.3. The lowest BCUT2D eigenvalue weighted by atomic mass is 9.86. The minimum atomic E-state index is 0.300. The van der Waals surface area contributed by atoms with Crippen molar-refractivity contribution in [3.63, 3.8) is 0 Å². The highest BCUT2D eigenvalue weighted by molar-refractivity contribution is 5.26. The van der Waals surface area contributed by atoms with Crippen molar-refractivity contribution in [2.45, 2.75) is 38.7 Å². The number of rotatable bonds is 9. The molecule has 0 spiro atoms. The van der Waals surface area contributed by atoms with Gasteiger partial charge >= 0.3 is 0 Å². The highest BCUT2D eigenvalue weighted by Crippen LogP contribution is 2.27. The van der Waals surface area contributed by atoms with Crippen molar-refractivity contribution in [2.75, 3.05) is 19.0 Å². The van der Waals surface area contributed by atoms with E-state index in [0.717, 1.165) is 19.4 Å². The highest BCUT2D eigenvalue weighted by atomic mass is 16.5. The standard InChI is InChI=1S/C19H27N3O/c1-4-18(23-3)15(2)13-17(16-9-6-5-7-10-16)14-22-19-20-11-8-12-21-19/h5-12,15,17-18H,4,13-14H2,1-3H3,(H,20,21,22). The number of anilines is 1. The lowest BCUT2D eigenvalue weighted by molar-refractivity contribution is 0.0501. The van der Waals surface area contributed by atoms with Crippen LogP contribution in [0.4, 0.5) is 5.95 Å². The molecule has 0 saturated heterocycles. The molecule has 0 aliphatic heterocycles. The van der Waals surface area contributed by atoms with Gasteiger partial charge in [-0.1, -0.05) is 44.2 Å². The molecule has 1 N–H and O–H groups in total. The molecule has 3 atom stereocenters. The topological polar surface area (TPSA) is 47.0 Å². The largest absolute Gasteiger partial charge is 0.381 e. The van der Waals surface area contributed by atoms with Crippen LogP contribution in [0.5, 0.6) is 0 Å². The second-order valence-electron chi connectivity index (χ2n) is 5.96. The Hall–Kier alpha value is -1.94. The van der Waals surface area contributed by atoms with E-state index in [9.17, 15) is 0 Å². The van der Waals surface area contributed by atoms with Crippen LogP contribution in [0.3, 0.4) is 0 Å². The van der Waals surface area contributed by atoms with Crippen LogP contribution in [0, 0.1) is 5.92 Å². The highest BCUT2D eigenvalue weighted by Gasteiger charge is 2.21. The monoisotopic (exact) mass is 313 g/mol. The van der Waals surface area contributed by atoms with Crippen LogP contribution < -0.4 is 5.32 Å². The van der Waals surface area contributed by atoms with Crippen LogP contribution in [0.15, 0.2) is 48.8 Å². The van der Waals surface area contributed by atoms with E-state index < -0.39 is 0 Å². The molecule has 4 nitrogen and oxygen atoms in total. The summed E-state index contributed by atoms with van der Waals surface area (Å²) < 4.78 is 5.62. The Morgan fingerprint density at radius 2 is 1.78 bits per heavy atom. The second-order valence-corrected chi connectivity index (χ2v) is 5.96. The number of nitrogens with zero attached hydrogens (tertiary/aromatic N) is 2. The minimum absolute atomic E-state index is 0.300. The van der Waals surface area contributed by atoms with Gasteiger partial charge in [0.2, 0.25) is 5.95 Å². The maximum Gasteiger partial charge on any atom is 0.222 e. The van der Waals surface area contributed by atoms with E-state index in [-0.39, 0.29) is 0 Å². The molecular weight excluding hydrogens is 286 g/mol. The number of ether oxygens (including phenoxy) is 1. The molecule has 0 saturated carbocycles. The maximum atomic E-state index is 5.62. The van der Waals surface area contributed by atoms with Crippen molar-refractivity contribution >= 4 is 5.95 Å². The fourth-order valence-corrected chi connectivity index (χ4v) is 3.07. The molecule has 0 radical (unpaired) electrons. The summed E-state index contributed by atoms with van der Waals surface area (Å²) in [5, 5.41) is 3.36. The second kappa shape index (κ2) is 9.26. The Morgan fingerprint density at radius 3 is 2.39 bits per heavy atom. The van der Waals surface area contributed by atoms with Crippen molar-refractivity contribution in [3.8, 4) is 0 Å². The van der Waals surface area contributed by atoms with Crippen molar-refractivity contribution < 1.29 is 4.74 Å². The maximum absolute atomic E-state index is 5.62. The zero-order valence-electron chi connectivity index (χ0n) is 14.3. The number of hydrogen-bond donors (Lipinski definition) is 1. The van der Waals surface area contributed by atoms with E-state index in [1.807, 2.05) is 6.07 Å². The Bertz CT molecular complexity index is 543. The molecule has 0 aliphatic carbocycles. The minimum Gasteiger partial charge on any atom is -0.381 e. The molecule has 1 heterocycles. The number of methoxy groups -OCH3 is 1. The van der Waals surface area contributed by atoms with Crippen LogP contribution in [0.25, 0.3) is 0 Å². The molecular formula is C19H27N3O. The molecule has 0 amide bonds. The van der Waals surface area contributed by atoms with Gasteiger partial charge in [0.1, 0.15) is 0 Å². The summed E-state index contributed by atoms with van der Waals surface area (Å²) in [6, 6.07) is 12.5. The predicted molar refractivity (Wildman–Crippen MR) is 94.6 cm³/mol. The van der Waals surface area contributed by atoms with Crippen molar-refractivity contribution in [1.82, 2.24) is 9.97 Å². The summed E-state index contributed by atoms with van der Waals surface area (Å²) in [5.41, 5.74) is 1.34. The SMILES string of the molecule is CCC(OC)C(C)CC(CNc1ncccn1)c1ccccc1. The average Bonchev–Trinajstić information content (AvgIpc) is 2.61. The summed E-state index contributed by atoms with van der Waals surface area (Å²) >= 11 is 0. The first-order valence-electron chi connectivity index (χ1n) is 8.33. The molecule has 0 fully saturated rings. The Kier molecular flexibility index (Phi) is 7.01. The van der Waals surface area contributed by atoms with Gasteiger partial charge in [0.25, 0.3) is 0 Å². The lowest BCUT2D eigenvalue weighted by Crippen LogP contribution is -2.24. The Balaban J connectivity index is 2.06. The van der Waals surface area contributed by atoms with Gasteiger partial charge in [0.15, 0.2) is 0 Å². The van der Waals surface area contributed by atoms with E-state index >= 15 is 0 Å². The summed E-state index contributed by atoms with van der Waals surface area (Å²) in [4.78, 5) is 8.49. The Morgan fingerprint density at radius 1 is 1.09 bits per heavy atom. The van der Waals surface area contributed by atoms with Crippen LogP contribution in [-0.4, -0.2) is 29.7 Å². The first kappa shape index (κ1) is 17.4. The molecule has 0 aliphatic rings. The van der Waals surface area contributed by atoms with E-state index in [1.165, 1.54) is 5.56 Å². The van der Waals surface area contributed by atoms with Crippen molar-refractivity contribution in [2.24, 2.45) is 5.92 Å². The fourth-order valence-electron chi connectivity index (χ4n) is 3.07. The van der Waals surface area contributed by atoms with Gasteiger partial charge in [-0.3, -0.25) is 0 Å². The lowest BCUT2D eigenvalue weighted by Gasteiger charge is -2.26. The van der Waals surface area contributed by atoms with Crippen LogP contribution >= 0.6 is 0 Å². The first-order valence-corrected chi connectivity index (χ1v) is 8.33. The molecule has 124 valence electrons. The van der Waals surface area contributed by atoms with Gasteiger partial charge in [-0.25, -0.2) is 9.97 Å². The molecule has 2 aromatic rings. The number of hydrogen-bond acceptors (Lipinski definition) is 4. The van der Waals surface area contributed by atoms with Gasteiger partial charge in [-0.15, -0.1) is 0 Å². The number of benzene rings is 1. The van der Waals surface area contributed by atoms with Gasteiger partial charge in [-0.2, -0.15) is 0 Å². The van der Waals surface area contributed by atoms with Gasteiger partial charge in [-0.05, 0) is 30.4 Å². The normalized spacial score (nSPS) is 14.9. The third-order valence-electron chi connectivity index (χ3n) is 4.34. The average molecular weight is 313 g/mol. The first-order chi connectivity index (χ1) is 11.2. The van der Waals surface area contributed by atoms with E-state index in [2.05, 4.69) is 59.5 Å². The number of aromatic nitrogens is 2. The van der Waals surface area contributed by atoms with Crippen LogP contribution in [0.1, 0.15) is 38.2 Å². The summed E-state index contributed by atoms with van der Waals surface area (Å²) in [7, 11) is 1.80. The van der Waals surface area contributed by atoms with E-state index in [4.69, 9.17) is 4.74 Å². The number of nitrogens with one attached hydrogen (secondary N) is 1. The third kappa shape index (κ3) is 5.32. The van der Waals surface area contributed by atoms with Gasteiger partial charge in [0, 0.05) is 32.0 Å². The van der Waals surface area contributed by atoms with Crippen molar-refractivity contribution in [1.29, 1.82) is 0 Å². The fraction of sp³-hybridized carbons (Fsp3) is 0.474. The smallest absolute Gasteiger partial charge is 0.222 e. The summed E-state index contributed by atoms with van der Waals surface area (Å²) in [6.45, 7) is 5.27. The van der Waals surface area contributed by atoms with Gasteiger partial charge in [0.05, 0.1) is 6.10 Å². The Labute approximate surface area is 139 Å². The molecule has 2 rings (SSSR count). The third-order valence-corrected chi connectivity index (χ3v) is 4.34. The molecule has 4 heteroatoms. The molecule has 0 bridgehead atoms. The zero-order chi connectivity index (χ0) is 16.5.